The zero-order valence-corrected chi connectivity index (χ0v) is 21.5. The molecule has 3 N–H and O–H groups in total. The number of benzene rings is 2. The van der Waals surface area contributed by atoms with Crippen LogP contribution in [0.3, 0.4) is 0 Å². The van der Waals surface area contributed by atoms with Crippen molar-refractivity contribution in [2.75, 3.05) is 33.0 Å². The number of nitrogens with zero attached hydrogens (tertiary/aromatic N) is 2. The van der Waals surface area contributed by atoms with E-state index in [1.54, 1.807) is 0 Å². The summed E-state index contributed by atoms with van der Waals surface area (Å²) in [6.07, 6.45) is 0.608. The molecule has 0 radical (unpaired) electrons. The first-order chi connectivity index (χ1) is 17.0. The quantitative estimate of drug-likeness (QED) is 0.385. The first-order valence-electron chi connectivity index (χ1n) is 11.8. The van der Waals surface area contributed by atoms with Crippen LogP contribution in [0.2, 0.25) is 0 Å². The van der Waals surface area contributed by atoms with E-state index in [0.29, 0.717) is 29.6 Å². The van der Waals surface area contributed by atoms with Crippen molar-refractivity contribution >= 4 is 34.8 Å². The van der Waals surface area contributed by atoms with Crippen LogP contribution in [0.4, 0.5) is 5.69 Å². The van der Waals surface area contributed by atoms with E-state index in [1.807, 2.05) is 75.1 Å². The number of carboxylic acids is 1. The zero-order valence-electron chi connectivity index (χ0n) is 20.7. The molecule has 1 aliphatic rings. The molecule has 0 aliphatic heterocycles. The third kappa shape index (κ3) is 6.16. The van der Waals surface area contributed by atoms with E-state index < -0.39 is 11.4 Å². The molecule has 0 bridgehead atoms. The fourth-order valence-corrected chi connectivity index (χ4v) is 5.35. The molecule has 2 aromatic carbocycles. The zero-order chi connectivity index (χ0) is 25.9. The van der Waals surface area contributed by atoms with E-state index in [0.717, 1.165) is 27.4 Å². The number of amides is 2. The van der Waals surface area contributed by atoms with Crippen LogP contribution in [0.25, 0.3) is 11.3 Å². The second-order valence-corrected chi connectivity index (χ2v) is 11.3. The first kappa shape index (κ1) is 25.5. The van der Waals surface area contributed by atoms with Gasteiger partial charge in [-0.1, -0.05) is 36.4 Å². The van der Waals surface area contributed by atoms with Crippen LogP contribution < -0.4 is 10.6 Å². The number of carbonyl (C=O) groups is 3. The molecular formula is C27H31N4O4S+. The van der Waals surface area contributed by atoms with Gasteiger partial charge in [-0.05, 0) is 36.1 Å². The van der Waals surface area contributed by atoms with Gasteiger partial charge in [0.05, 0.1) is 45.2 Å². The normalized spacial score (nSPS) is 14.2. The van der Waals surface area contributed by atoms with Gasteiger partial charge in [-0.15, -0.1) is 11.3 Å². The Kier molecular flexibility index (Phi) is 7.23. The van der Waals surface area contributed by atoms with Gasteiger partial charge in [-0.25, -0.2) is 4.98 Å². The summed E-state index contributed by atoms with van der Waals surface area (Å²) in [5.41, 5.74) is 3.37. The van der Waals surface area contributed by atoms with E-state index in [1.165, 1.54) is 11.3 Å². The number of hydrogen-bond donors (Lipinski definition) is 3. The third-order valence-electron chi connectivity index (χ3n) is 6.16. The smallest absolute Gasteiger partial charge is 0.304 e. The summed E-state index contributed by atoms with van der Waals surface area (Å²) in [5, 5.41) is 18.0. The van der Waals surface area contributed by atoms with Gasteiger partial charge in [-0.3, -0.25) is 14.4 Å². The maximum absolute atomic E-state index is 13.2. The summed E-state index contributed by atoms with van der Waals surface area (Å²) in [7, 11) is 5.88. The molecule has 1 aliphatic carbocycles. The lowest BCUT2D eigenvalue weighted by Crippen LogP contribution is -2.43. The molecule has 0 spiro atoms. The van der Waals surface area contributed by atoms with Crippen LogP contribution in [0.1, 0.15) is 22.6 Å². The number of carbonyl (C=O) groups excluding carboxylic acids is 2. The predicted molar refractivity (Wildman–Crippen MR) is 139 cm³/mol. The molecule has 1 heterocycles. The van der Waals surface area contributed by atoms with Crippen molar-refractivity contribution in [2.45, 2.75) is 25.8 Å². The number of hydrogen-bond acceptors (Lipinski definition) is 5. The van der Waals surface area contributed by atoms with Gasteiger partial charge in [-0.2, -0.15) is 0 Å². The molecule has 36 heavy (non-hydrogen) atoms. The highest BCUT2D eigenvalue weighted by atomic mass is 32.1. The summed E-state index contributed by atoms with van der Waals surface area (Å²) in [5.74, 6) is -1.31. The molecule has 188 valence electrons. The monoisotopic (exact) mass is 507 g/mol. The largest absolute Gasteiger partial charge is 0.481 e. The van der Waals surface area contributed by atoms with Gasteiger partial charge in [0.15, 0.2) is 6.54 Å². The Balaban J connectivity index is 1.42. The lowest BCUT2D eigenvalue weighted by Gasteiger charge is -2.25. The summed E-state index contributed by atoms with van der Waals surface area (Å²) < 4.78 is 0.534. The SMILES string of the molecule is C[N+](C)(C)CC(=O)Nc1cccc(-c2csc(CNC(=O)C3(CC(=O)O)Cc4ccccc4C3)n2)c1. The minimum Gasteiger partial charge on any atom is -0.481 e. The Morgan fingerprint density at radius 1 is 1.06 bits per heavy atom. The minimum absolute atomic E-state index is 0.0642. The van der Waals surface area contributed by atoms with Crippen LogP contribution in [-0.4, -0.2) is 60.0 Å². The molecule has 0 saturated carbocycles. The molecule has 0 fully saturated rings. The number of quaternary nitrogens is 1. The number of aliphatic carboxylic acids is 1. The fourth-order valence-electron chi connectivity index (χ4n) is 4.61. The fraction of sp³-hybridized carbons (Fsp3) is 0.333. The summed E-state index contributed by atoms with van der Waals surface area (Å²) in [6.45, 7) is 0.584. The van der Waals surface area contributed by atoms with Crippen LogP contribution >= 0.6 is 11.3 Å². The number of fused-ring (bicyclic) bond motifs is 1. The van der Waals surface area contributed by atoms with Crippen molar-refractivity contribution in [3.05, 3.63) is 70.0 Å². The summed E-state index contributed by atoms with van der Waals surface area (Å²) >= 11 is 1.42. The Morgan fingerprint density at radius 3 is 2.39 bits per heavy atom. The Labute approximate surface area is 214 Å². The molecule has 0 saturated heterocycles. The number of carboxylic acid groups (broad SMARTS) is 1. The second kappa shape index (κ2) is 10.2. The number of anilines is 1. The molecule has 2 amide bonds. The Bertz CT molecular complexity index is 1270. The average Bonchev–Trinajstić information content (AvgIpc) is 3.41. The van der Waals surface area contributed by atoms with Gasteiger partial charge in [0.1, 0.15) is 5.01 Å². The van der Waals surface area contributed by atoms with Gasteiger partial charge < -0.3 is 20.2 Å². The van der Waals surface area contributed by atoms with Gasteiger partial charge in [0.2, 0.25) is 5.91 Å². The molecule has 1 aromatic heterocycles. The van der Waals surface area contributed by atoms with Crippen LogP contribution in [0.5, 0.6) is 0 Å². The highest BCUT2D eigenvalue weighted by molar-refractivity contribution is 7.09. The summed E-state index contributed by atoms with van der Waals surface area (Å²) in [6, 6.07) is 15.2. The molecular weight excluding hydrogens is 476 g/mol. The van der Waals surface area contributed by atoms with E-state index in [4.69, 9.17) is 0 Å². The molecule has 4 rings (SSSR count). The van der Waals surface area contributed by atoms with Gasteiger partial charge >= 0.3 is 5.97 Å². The first-order valence-corrected chi connectivity index (χ1v) is 12.6. The van der Waals surface area contributed by atoms with Crippen LogP contribution in [0, 0.1) is 5.41 Å². The lowest BCUT2D eigenvalue weighted by atomic mass is 9.80. The molecule has 8 nitrogen and oxygen atoms in total. The maximum Gasteiger partial charge on any atom is 0.304 e. The number of aromatic nitrogens is 1. The summed E-state index contributed by atoms with van der Waals surface area (Å²) in [4.78, 5) is 41.8. The average molecular weight is 508 g/mol. The van der Waals surface area contributed by atoms with Gasteiger partial charge in [0.25, 0.3) is 5.91 Å². The highest BCUT2D eigenvalue weighted by Crippen LogP contribution is 2.40. The maximum atomic E-state index is 13.2. The number of thiazole rings is 1. The molecule has 0 atom stereocenters. The number of likely N-dealkylation sites (N-methyl/N-ethyl adjacent to an activating group) is 1. The van der Waals surface area contributed by atoms with Crippen molar-refractivity contribution in [1.82, 2.24) is 10.3 Å². The van der Waals surface area contributed by atoms with E-state index in [9.17, 15) is 19.5 Å². The molecule has 3 aromatic rings. The Morgan fingerprint density at radius 2 is 1.75 bits per heavy atom. The third-order valence-corrected chi connectivity index (χ3v) is 7.01. The topological polar surface area (TPSA) is 108 Å². The van der Waals surface area contributed by atoms with Crippen molar-refractivity contribution in [3.63, 3.8) is 0 Å². The van der Waals surface area contributed by atoms with Crippen LogP contribution in [0.15, 0.2) is 53.9 Å². The van der Waals surface area contributed by atoms with Crippen molar-refractivity contribution < 1.29 is 24.0 Å². The number of rotatable bonds is 9. The molecule has 9 heteroatoms. The number of nitrogens with one attached hydrogen (secondary N) is 2. The predicted octanol–water partition coefficient (Wildman–Crippen LogP) is 3.33. The molecule has 0 unspecified atom stereocenters. The second-order valence-electron chi connectivity index (χ2n) is 10.4. The van der Waals surface area contributed by atoms with Gasteiger partial charge in [0, 0.05) is 16.6 Å². The van der Waals surface area contributed by atoms with Crippen molar-refractivity contribution in [3.8, 4) is 11.3 Å². The lowest BCUT2D eigenvalue weighted by molar-refractivity contribution is -0.861. The van der Waals surface area contributed by atoms with Crippen LogP contribution in [-0.2, 0) is 33.8 Å². The van der Waals surface area contributed by atoms with E-state index >= 15 is 0 Å². The highest BCUT2D eigenvalue weighted by Gasteiger charge is 2.45. The van der Waals surface area contributed by atoms with E-state index in [-0.39, 0.29) is 24.8 Å². The minimum atomic E-state index is -0.992. The van der Waals surface area contributed by atoms with Crippen molar-refractivity contribution in [1.29, 1.82) is 0 Å². The van der Waals surface area contributed by atoms with Crippen molar-refractivity contribution in [2.24, 2.45) is 5.41 Å². The Hall–Kier alpha value is -3.56. The standard InChI is InChI=1S/C27H30N4O4S/c1-31(2,3)16-23(32)29-21-10-6-9-18(11-21)22-17-36-24(30-22)15-28-26(35)27(14-25(33)34)12-19-7-4-5-8-20(19)13-27/h4-11,17H,12-16H2,1-3H3,(H2-,28,29,32,33,34,35)/p+1. The van der Waals surface area contributed by atoms with E-state index in [2.05, 4.69) is 15.6 Å².